The highest BCUT2D eigenvalue weighted by molar-refractivity contribution is 6.29. The second kappa shape index (κ2) is 3.04. The van der Waals surface area contributed by atoms with Crippen LogP contribution in [0.1, 0.15) is 30.0 Å². The van der Waals surface area contributed by atoms with Crippen LogP contribution < -0.4 is 0 Å². The maximum Gasteiger partial charge on any atom is 0.129 e. The van der Waals surface area contributed by atoms with E-state index < -0.39 is 0 Å². The number of pyridine rings is 1. The zero-order valence-electron chi connectivity index (χ0n) is 6.63. The van der Waals surface area contributed by atoms with Crippen molar-refractivity contribution in [3.05, 3.63) is 28.5 Å². The third-order valence-electron chi connectivity index (χ3n) is 2.05. The molecular weight excluding hydrogens is 174 g/mol. The van der Waals surface area contributed by atoms with Gasteiger partial charge in [0, 0.05) is 11.6 Å². The molecule has 1 heterocycles. The van der Waals surface area contributed by atoms with Crippen LogP contribution in [0.15, 0.2) is 12.1 Å². The molecule has 0 unspecified atom stereocenters. The Kier molecular flexibility index (Phi) is 2.03. The first-order valence-electron chi connectivity index (χ1n) is 4.07. The molecule has 1 aromatic heterocycles. The summed E-state index contributed by atoms with van der Waals surface area (Å²) in [5, 5.41) is 9.39. The van der Waals surface area contributed by atoms with E-state index in [0.717, 1.165) is 11.3 Å². The summed E-state index contributed by atoms with van der Waals surface area (Å²) < 4.78 is 0. The van der Waals surface area contributed by atoms with E-state index in [9.17, 15) is 0 Å². The first-order valence-corrected chi connectivity index (χ1v) is 4.44. The first-order chi connectivity index (χ1) is 5.79. The predicted octanol–water partition coefficient (Wildman–Crippen LogP) is 2.10. The number of aliphatic hydroxyl groups excluding tert-OH is 1. The Hall–Kier alpha value is -0.600. The molecule has 1 aromatic rings. The van der Waals surface area contributed by atoms with Crippen molar-refractivity contribution in [2.75, 3.05) is 0 Å². The number of aromatic nitrogens is 1. The summed E-state index contributed by atoms with van der Waals surface area (Å²) in [5.41, 5.74) is 1.89. The lowest BCUT2D eigenvalue weighted by Crippen LogP contribution is -1.91. The molecule has 0 aromatic carbocycles. The Labute approximate surface area is 76.2 Å². The van der Waals surface area contributed by atoms with Crippen LogP contribution in [0.5, 0.6) is 0 Å². The van der Waals surface area contributed by atoms with Gasteiger partial charge in [0.2, 0.25) is 0 Å². The fourth-order valence-corrected chi connectivity index (χ4v) is 1.49. The van der Waals surface area contributed by atoms with Crippen LogP contribution in [0.25, 0.3) is 0 Å². The summed E-state index contributed by atoms with van der Waals surface area (Å²) in [7, 11) is 0. The van der Waals surface area contributed by atoms with E-state index in [-0.39, 0.29) is 6.61 Å². The van der Waals surface area contributed by atoms with Crippen molar-refractivity contribution < 1.29 is 5.11 Å². The van der Waals surface area contributed by atoms with Gasteiger partial charge in [-0.2, -0.15) is 0 Å². The number of aliphatic hydroxyl groups is 1. The molecule has 1 fully saturated rings. The monoisotopic (exact) mass is 183 g/mol. The standard InChI is InChI=1S/C9H10ClNO/c10-9-4-6(5-12)3-8(11-9)7-1-2-7/h3-4,7,12H,1-2,5H2. The minimum Gasteiger partial charge on any atom is -0.392 e. The Morgan fingerprint density at radius 1 is 1.50 bits per heavy atom. The smallest absolute Gasteiger partial charge is 0.129 e. The van der Waals surface area contributed by atoms with Gasteiger partial charge in [0.25, 0.3) is 0 Å². The van der Waals surface area contributed by atoms with E-state index in [2.05, 4.69) is 4.98 Å². The third-order valence-corrected chi connectivity index (χ3v) is 2.25. The molecule has 0 bridgehead atoms. The molecule has 0 spiro atoms. The largest absolute Gasteiger partial charge is 0.392 e. The van der Waals surface area contributed by atoms with Crippen molar-refractivity contribution in [3.8, 4) is 0 Å². The zero-order valence-corrected chi connectivity index (χ0v) is 7.38. The average Bonchev–Trinajstić information content (AvgIpc) is 2.85. The molecule has 1 saturated carbocycles. The number of halogens is 1. The lowest BCUT2D eigenvalue weighted by molar-refractivity contribution is 0.281. The summed E-state index contributed by atoms with van der Waals surface area (Å²) in [6, 6.07) is 3.64. The Morgan fingerprint density at radius 2 is 2.25 bits per heavy atom. The van der Waals surface area contributed by atoms with E-state index in [1.54, 1.807) is 6.07 Å². The van der Waals surface area contributed by atoms with E-state index in [4.69, 9.17) is 16.7 Å². The van der Waals surface area contributed by atoms with Gasteiger partial charge in [0.1, 0.15) is 5.15 Å². The van der Waals surface area contributed by atoms with Crippen molar-refractivity contribution in [3.63, 3.8) is 0 Å². The van der Waals surface area contributed by atoms with Gasteiger partial charge in [-0.05, 0) is 30.5 Å². The van der Waals surface area contributed by atoms with E-state index in [1.165, 1.54) is 12.8 Å². The minimum absolute atomic E-state index is 0.0436. The predicted molar refractivity (Wildman–Crippen MR) is 47.1 cm³/mol. The van der Waals surface area contributed by atoms with Crippen LogP contribution in [0, 0.1) is 0 Å². The number of rotatable bonds is 2. The van der Waals surface area contributed by atoms with Gasteiger partial charge in [0.15, 0.2) is 0 Å². The molecule has 64 valence electrons. The van der Waals surface area contributed by atoms with Crippen LogP contribution in [0.4, 0.5) is 0 Å². The normalized spacial score (nSPS) is 16.5. The van der Waals surface area contributed by atoms with Crippen LogP contribution >= 0.6 is 11.6 Å². The summed E-state index contributed by atoms with van der Waals surface area (Å²) in [6.45, 7) is 0.0436. The van der Waals surface area contributed by atoms with Crippen LogP contribution in [0.3, 0.4) is 0 Å². The van der Waals surface area contributed by atoms with Crippen LogP contribution in [-0.2, 0) is 6.61 Å². The molecule has 0 radical (unpaired) electrons. The molecule has 2 rings (SSSR count). The van der Waals surface area contributed by atoms with Crippen molar-refractivity contribution in [1.29, 1.82) is 0 Å². The number of hydrogen-bond donors (Lipinski definition) is 1. The second-order valence-corrected chi connectivity index (χ2v) is 3.54. The van der Waals surface area contributed by atoms with Crippen LogP contribution in [0.2, 0.25) is 5.15 Å². The maximum absolute atomic E-state index is 8.90. The molecule has 0 atom stereocenters. The molecule has 3 heteroatoms. The van der Waals surface area contributed by atoms with E-state index >= 15 is 0 Å². The molecule has 0 amide bonds. The van der Waals surface area contributed by atoms with E-state index in [0.29, 0.717) is 11.1 Å². The topological polar surface area (TPSA) is 33.1 Å². The summed E-state index contributed by atoms with van der Waals surface area (Å²) in [4.78, 5) is 4.20. The quantitative estimate of drug-likeness (QED) is 0.713. The molecule has 1 N–H and O–H groups in total. The van der Waals surface area contributed by atoms with Gasteiger partial charge in [-0.25, -0.2) is 4.98 Å². The highest BCUT2D eigenvalue weighted by atomic mass is 35.5. The Balaban J connectivity index is 2.34. The van der Waals surface area contributed by atoms with Crippen LogP contribution in [-0.4, -0.2) is 10.1 Å². The van der Waals surface area contributed by atoms with Gasteiger partial charge in [0.05, 0.1) is 6.61 Å². The van der Waals surface area contributed by atoms with Gasteiger partial charge in [-0.1, -0.05) is 11.6 Å². The SMILES string of the molecule is OCc1cc(Cl)nc(C2CC2)c1. The summed E-state index contributed by atoms with van der Waals surface area (Å²) in [6.07, 6.45) is 2.41. The lowest BCUT2D eigenvalue weighted by Gasteiger charge is -2.01. The van der Waals surface area contributed by atoms with Gasteiger partial charge in [-0.15, -0.1) is 0 Å². The zero-order chi connectivity index (χ0) is 8.55. The molecule has 1 aliphatic rings. The summed E-state index contributed by atoms with van der Waals surface area (Å²) in [5.74, 6) is 0.592. The number of hydrogen-bond acceptors (Lipinski definition) is 2. The Morgan fingerprint density at radius 3 is 2.83 bits per heavy atom. The lowest BCUT2D eigenvalue weighted by atomic mass is 10.2. The molecule has 1 aliphatic carbocycles. The first kappa shape index (κ1) is 8.02. The van der Waals surface area contributed by atoms with Crippen molar-refractivity contribution in [2.24, 2.45) is 0 Å². The fraction of sp³-hybridized carbons (Fsp3) is 0.444. The van der Waals surface area contributed by atoms with Crippen molar-refractivity contribution in [1.82, 2.24) is 4.98 Å². The molecular formula is C9H10ClNO. The molecule has 12 heavy (non-hydrogen) atoms. The van der Waals surface area contributed by atoms with E-state index in [1.807, 2.05) is 6.07 Å². The van der Waals surface area contributed by atoms with Crippen molar-refractivity contribution in [2.45, 2.75) is 25.4 Å². The van der Waals surface area contributed by atoms with Gasteiger partial charge < -0.3 is 5.11 Å². The average molecular weight is 184 g/mol. The highest BCUT2D eigenvalue weighted by Gasteiger charge is 2.25. The molecule has 2 nitrogen and oxygen atoms in total. The third kappa shape index (κ3) is 1.59. The Bertz CT molecular complexity index is 297. The summed E-state index contributed by atoms with van der Waals surface area (Å²) >= 11 is 5.78. The minimum atomic E-state index is 0.0436. The molecule has 0 saturated heterocycles. The number of nitrogens with zero attached hydrogens (tertiary/aromatic N) is 1. The maximum atomic E-state index is 8.90. The fourth-order valence-electron chi connectivity index (χ4n) is 1.25. The van der Waals surface area contributed by atoms with Gasteiger partial charge in [-0.3, -0.25) is 0 Å². The second-order valence-electron chi connectivity index (χ2n) is 3.16. The van der Waals surface area contributed by atoms with Crippen molar-refractivity contribution >= 4 is 11.6 Å². The van der Waals surface area contributed by atoms with Gasteiger partial charge >= 0.3 is 0 Å². The highest BCUT2D eigenvalue weighted by Crippen LogP contribution is 2.39. The molecule has 0 aliphatic heterocycles.